The Morgan fingerprint density at radius 2 is 1.96 bits per heavy atom. The van der Waals surface area contributed by atoms with E-state index >= 15 is 0 Å². The summed E-state index contributed by atoms with van der Waals surface area (Å²) in [6.45, 7) is 6.03. The van der Waals surface area contributed by atoms with Crippen molar-refractivity contribution >= 4 is 6.09 Å². The number of hydrogen-bond acceptors (Lipinski definition) is 5. The minimum Gasteiger partial charge on any atom is -0.445 e. The quantitative estimate of drug-likeness (QED) is 0.579. The molecule has 2 atom stereocenters. The number of carbonyl (C=O) groups excluding carboxylic acids is 1. The molecule has 0 unspecified atom stereocenters. The number of unbranched alkanes of at least 4 members (excludes halogenated alkanes) is 3. The molecule has 6 nitrogen and oxygen atoms in total. The van der Waals surface area contributed by atoms with Crippen LogP contribution in [0.4, 0.5) is 4.79 Å². The van der Waals surface area contributed by atoms with Gasteiger partial charge < -0.3 is 19.9 Å². The van der Waals surface area contributed by atoms with Crippen LogP contribution >= 0.6 is 0 Å². The molecule has 0 bridgehead atoms. The molecule has 2 N–H and O–H groups in total. The molecule has 1 heterocycles. The summed E-state index contributed by atoms with van der Waals surface area (Å²) >= 11 is 0. The first-order chi connectivity index (χ1) is 13.2. The molecule has 0 spiro atoms. The molecule has 1 saturated heterocycles. The Hall–Kier alpha value is -1.63. The summed E-state index contributed by atoms with van der Waals surface area (Å²) < 4.78 is 10.7. The Morgan fingerprint density at radius 1 is 1.22 bits per heavy atom. The van der Waals surface area contributed by atoms with Gasteiger partial charge in [-0.2, -0.15) is 0 Å². The first-order valence-corrected chi connectivity index (χ1v) is 10.1. The molecule has 1 aromatic carbocycles. The Labute approximate surface area is 162 Å². The molecule has 1 aliphatic rings. The van der Waals surface area contributed by atoms with Crippen LogP contribution in [-0.2, 0) is 16.1 Å². The van der Waals surface area contributed by atoms with Crippen LogP contribution in [0.25, 0.3) is 0 Å². The maximum absolute atomic E-state index is 12.3. The van der Waals surface area contributed by atoms with E-state index in [0.29, 0.717) is 26.2 Å². The van der Waals surface area contributed by atoms with Gasteiger partial charge in [-0.05, 0) is 12.0 Å². The van der Waals surface area contributed by atoms with E-state index in [2.05, 4.69) is 17.1 Å². The van der Waals surface area contributed by atoms with E-state index in [0.717, 1.165) is 37.9 Å². The number of rotatable bonds is 11. The van der Waals surface area contributed by atoms with Crippen molar-refractivity contribution in [3.8, 4) is 0 Å². The van der Waals surface area contributed by atoms with Crippen LogP contribution in [0.3, 0.4) is 0 Å². The van der Waals surface area contributed by atoms with Gasteiger partial charge in [0.15, 0.2) is 0 Å². The van der Waals surface area contributed by atoms with Gasteiger partial charge in [-0.3, -0.25) is 4.90 Å². The van der Waals surface area contributed by atoms with Gasteiger partial charge in [-0.1, -0.05) is 62.9 Å². The topological polar surface area (TPSA) is 71.0 Å². The molecule has 1 aliphatic heterocycles. The molecule has 1 amide bonds. The van der Waals surface area contributed by atoms with Gasteiger partial charge in [0, 0.05) is 19.6 Å². The SMILES string of the molecule is CCCCCC[C@H](O)[C@H](CN1CCOCC1)NC(=O)OCc1ccccc1. The number of morpholine rings is 1. The molecule has 2 rings (SSSR count). The summed E-state index contributed by atoms with van der Waals surface area (Å²) in [5, 5.41) is 13.5. The van der Waals surface area contributed by atoms with E-state index in [9.17, 15) is 9.90 Å². The number of ether oxygens (including phenoxy) is 2. The number of alkyl carbamates (subject to hydrolysis) is 1. The van der Waals surface area contributed by atoms with Crippen LogP contribution in [0.1, 0.15) is 44.6 Å². The summed E-state index contributed by atoms with van der Waals surface area (Å²) in [5.74, 6) is 0. The molecule has 0 radical (unpaired) electrons. The molecule has 1 aromatic rings. The molecular weight excluding hydrogens is 344 g/mol. The number of nitrogens with zero attached hydrogens (tertiary/aromatic N) is 1. The summed E-state index contributed by atoms with van der Waals surface area (Å²) in [6.07, 6.45) is 4.04. The first kappa shape index (κ1) is 21.7. The van der Waals surface area contributed by atoms with Crippen LogP contribution < -0.4 is 5.32 Å². The highest BCUT2D eigenvalue weighted by molar-refractivity contribution is 5.67. The van der Waals surface area contributed by atoms with Crippen LogP contribution in [-0.4, -0.2) is 61.1 Å². The zero-order valence-corrected chi connectivity index (χ0v) is 16.4. The molecule has 6 heteroatoms. The molecule has 152 valence electrons. The predicted molar refractivity (Wildman–Crippen MR) is 106 cm³/mol. The predicted octanol–water partition coefficient (Wildman–Crippen LogP) is 2.94. The number of carbonyl (C=O) groups is 1. The number of hydrogen-bond donors (Lipinski definition) is 2. The highest BCUT2D eigenvalue weighted by Crippen LogP contribution is 2.11. The Balaban J connectivity index is 1.83. The normalized spacial score (nSPS) is 17.3. The lowest BCUT2D eigenvalue weighted by molar-refractivity contribution is 0.0182. The fourth-order valence-corrected chi connectivity index (χ4v) is 3.22. The fourth-order valence-electron chi connectivity index (χ4n) is 3.22. The molecule has 27 heavy (non-hydrogen) atoms. The van der Waals surface area contributed by atoms with Crippen LogP contribution in [0.2, 0.25) is 0 Å². The molecule has 0 aliphatic carbocycles. The third kappa shape index (κ3) is 8.73. The fraction of sp³-hybridized carbons (Fsp3) is 0.667. The number of nitrogens with one attached hydrogen (secondary N) is 1. The molecule has 1 fully saturated rings. The molecule has 0 saturated carbocycles. The zero-order valence-electron chi connectivity index (χ0n) is 16.4. The lowest BCUT2D eigenvalue weighted by Gasteiger charge is -2.32. The van der Waals surface area contributed by atoms with Crippen molar-refractivity contribution in [3.05, 3.63) is 35.9 Å². The average Bonchev–Trinajstić information content (AvgIpc) is 2.70. The third-order valence-corrected chi connectivity index (χ3v) is 4.89. The largest absolute Gasteiger partial charge is 0.445 e. The second kappa shape index (κ2) is 12.7. The summed E-state index contributed by atoms with van der Waals surface area (Å²) in [5.41, 5.74) is 0.942. The molecule has 0 aromatic heterocycles. The highest BCUT2D eigenvalue weighted by atomic mass is 16.5. The van der Waals surface area contributed by atoms with Crippen molar-refractivity contribution in [3.63, 3.8) is 0 Å². The molecular formula is C21H34N2O4. The smallest absolute Gasteiger partial charge is 0.407 e. The number of aliphatic hydroxyl groups is 1. The minimum atomic E-state index is -0.575. The van der Waals surface area contributed by atoms with Crippen molar-refractivity contribution < 1.29 is 19.4 Å². The standard InChI is InChI=1S/C21H34N2O4/c1-2-3-4-8-11-20(24)19(16-23-12-14-26-15-13-23)22-21(25)27-17-18-9-6-5-7-10-18/h5-7,9-10,19-20,24H,2-4,8,11-17H2,1H3,(H,22,25)/t19-,20-/m0/s1. The minimum absolute atomic E-state index is 0.226. The summed E-state index contributed by atoms with van der Waals surface area (Å²) in [6, 6.07) is 9.25. The van der Waals surface area contributed by atoms with Crippen molar-refractivity contribution in [1.82, 2.24) is 10.2 Å². The highest BCUT2D eigenvalue weighted by Gasteiger charge is 2.25. The summed E-state index contributed by atoms with van der Waals surface area (Å²) in [7, 11) is 0. The average molecular weight is 379 g/mol. The van der Waals surface area contributed by atoms with E-state index in [4.69, 9.17) is 9.47 Å². The maximum Gasteiger partial charge on any atom is 0.407 e. The Morgan fingerprint density at radius 3 is 2.67 bits per heavy atom. The van der Waals surface area contributed by atoms with E-state index in [1.807, 2.05) is 30.3 Å². The summed E-state index contributed by atoms with van der Waals surface area (Å²) in [4.78, 5) is 14.5. The second-order valence-corrected chi connectivity index (χ2v) is 7.14. The van der Waals surface area contributed by atoms with Crippen LogP contribution in [0, 0.1) is 0 Å². The van der Waals surface area contributed by atoms with Gasteiger partial charge in [-0.25, -0.2) is 4.79 Å². The zero-order chi connectivity index (χ0) is 19.3. The van der Waals surface area contributed by atoms with Gasteiger partial charge in [0.2, 0.25) is 0 Å². The van der Waals surface area contributed by atoms with E-state index in [1.165, 1.54) is 6.42 Å². The maximum atomic E-state index is 12.3. The first-order valence-electron chi connectivity index (χ1n) is 10.1. The van der Waals surface area contributed by atoms with Gasteiger partial charge in [0.1, 0.15) is 6.61 Å². The number of amides is 1. The lowest BCUT2D eigenvalue weighted by atomic mass is 10.0. The van der Waals surface area contributed by atoms with E-state index in [-0.39, 0.29) is 12.6 Å². The van der Waals surface area contributed by atoms with E-state index < -0.39 is 12.2 Å². The monoisotopic (exact) mass is 378 g/mol. The van der Waals surface area contributed by atoms with Crippen molar-refractivity contribution in [2.75, 3.05) is 32.8 Å². The van der Waals surface area contributed by atoms with Crippen molar-refractivity contribution in [2.24, 2.45) is 0 Å². The van der Waals surface area contributed by atoms with Crippen LogP contribution in [0.5, 0.6) is 0 Å². The van der Waals surface area contributed by atoms with Crippen molar-refractivity contribution in [1.29, 1.82) is 0 Å². The Kier molecular flexibility index (Phi) is 10.2. The van der Waals surface area contributed by atoms with Gasteiger partial charge in [-0.15, -0.1) is 0 Å². The van der Waals surface area contributed by atoms with Crippen molar-refractivity contribution in [2.45, 2.75) is 57.8 Å². The number of benzene rings is 1. The number of aliphatic hydroxyl groups excluding tert-OH is 1. The van der Waals surface area contributed by atoms with Gasteiger partial charge in [0.25, 0.3) is 0 Å². The van der Waals surface area contributed by atoms with E-state index in [1.54, 1.807) is 0 Å². The Bertz CT molecular complexity index is 520. The van der Waals surface area contributed by atoms with Gasteiger partial charge in [0.05, 0.1) is 25.4 Å². The second-order valence-electron chi connectivity index (χ2n) is 7.14. The van der Waals surface area contributed by atoms with Crippen LogP contribution in [0.15, 0.2) is 30.3 Å². The lowest BCUT2D eigenvalue weighted by Crippen LogP contribution is -2.52. The third-order valence-electron chi connectivity index (χ3n) is 4.89. The van der Waals surface area contributed by atoms with Gasteiger partial charge >= 0.3 is 6.09 Å².